The topological polar surface area (TPSA) is 12.5 Å². The van der Waals surface area contributed by atoms with Gasteiger partial charge in [-0.25, -0.2) is 0 Å². The van der Waals surface area contributed by atoms with Crippen molar-refractivity contribution >= 4 is 0 Å². The van der Waals surface area contributed by atoms with Crippen LogP contribution in [0.25, 0.3) is 0 Å². The van der Waals surface area contributed by atoms with Crippen LogP contribution in [-0.4, -0.2) is 6.10 Å². The van der Waals surface area contributed by atoms with Gasteiger partial charge in [0.15, 0.2) is 0 Å². The number of rotatable bonds is 0. The van der Waals surface area contributed by atoms with Crippen molar-refractivity contribution in [1.82, 2.24) is 0 Å². The molecule has 0 aromatic heterocycles. The first-order valence-electron chi connectivity index (χ1n) is 1.81. The summed E-state index contributed by atoms with van der Waals surface area (Å²) in [6.45, 7) is 4.03. The Kier molecular flexibility index (Phi) is 2.21. The van der Waals surface area contributed by atoms with E-state index in [1.165, 1.54) is 6.10 Å². The van der Waals surface area contributed by atoms with Gasteiger partial charge in [-0.2, -0.15) is 13.0 Å². The summed E-state index contributed by atoms with van der Waals surface area (Å²) in [7, 11) is 0. The van der Waals surface area contributed by atoms with Crippen LogP contribution in [0, 0.1) is 6.10 Å². The molecule has 0 aromatic carbocycles. The van der Waals surface area contributed by atoms with E-state index in [0.29, 0.717) is 6.10 Å². The zero-order valence-electron chi connectivity index (χ0n) is 4.49. The van der Waals surface area contributed by atoms with Gasteiger partial charge in [-0.15, -0.1) is 0 Å². The van der Waals surface area contributed by atoms with Crippen LogP contribution in [0.3, 0.4) is 0 Å². The molecule has 0 aliphatic carbocycles. The van der Waals surface area contributed by atoms with Gasteiger partial charge < -0.3 is 4.74 Å². The Labute approximate surface area is 50.2 Å². The van der Waals surface area contributed by atoms with Crippen LogP contribution in [0.15, 0.2) is 0 Å². The van der Waals surface area contributed by atoms with Crippen molar-refractivity contribution in [1.29, 1.82) is 0 Å². The molecule has 0 unspecified atom stereocenters. The molecule has 1 aliphatic heterocycles. The van der Waals surface area contributed by atoms with Crippen molar-refractivity contribution in [2.45, 2.75) is 20.0 Å². The largest absolute Gasteiger partial charge is 1.00 e. The first kappa shape index (κ1) is 6.56. The molecule has 2 heteroatoms. The summed E-state index contributed by atoms with van der Waals surface area (Å²) in [5, 5.41) is 0. The first-order valence-corrected chi connectivity index (χ1v) is 1.81. The molecule has 0 N–H and O–H groups in total. The fraction of sp³-hybridized carbons (Fsp3) is 0.750. The van der Waals surface area contributed by atoms with Crippen molar-refractivity contribution in [3.05, 3.63) is 6.10 Å². The van der Waals surface area contributed by atoms with E-state index in [1.807, 2.05) is 13.8 Å². The maximum atomic E-state index is 4.83. The van der Waals surface area contributed by atoms with Crippen LogP contribution in [0.2, 0.25) is 0 Å². The van der Waals surface area contributed by atoms with Crippen molar-refractivity contribution in [2.24, 2.45) is 0 Å². The molecule has 0 bridgehead atoms. The van der Waals surface area contributed by atoms with Gasteiger partial charge in [0.2, 0.25) is 0 Å². The normalized spacial score (nSPS) is 32.0. The molecule has 1 heterocycles. The van der Waals surface area contributed by atoms with Gasteiger partial charge in [0.25, 0.3) is 0 Å². The summed E-state index contributed by atoms with van der Waals surface area (Å²) >= 11 is 0. The SMILES string of the molecule is C[C-]1O[C@H]1C.[Li+]. The van der Waals surface area contributed by atoms with E-state index in [-0.39, 0.29) is 18.9 Å². The van der Waals surface area contributed by atoms with E-state index in [2.05, 4.69) is 0 Å². The molecule has 1 nitrogen and oxygen atoms in total. The Hall–Kier alpha value is 0.557. The second-order valence-electron chi connectivity index (χ2n) is 1.37. The van der Waals surface area contributed by atoms with E-state index in [4.69, 9.17) is 4.74 Å². The van der Waals surface area contributed by atoms with Crippen LogP contribution < -0.4 is 18.9 Å². The summed E-state index contributed by atoms with van der Waals surface area (Å²) < 4.78 is 4.83. The molecule has 1 saturated heterocycles. The molecule has 1 atom stereocenters. The molecule has 0 saturated carbocycles. The van der Waals surface area contributed by atoms with E-state index in [9.17, 15) is 0 Å². The van der Waals surface area contributed by atoms with Gasteiger partial charge in [-0.3, -0.25) is 0 Å². The number of hydrogen-bond donors (Lipinski definition) is 0. The smallest absolute Gasteiger partial charge is 0.567 e. The van der Waals surface area contributed by atoms with Gasteiger partial charge in [0.1, 0.15) is 0 Å². The first-order chi connectivity index (χ1) is 2.30. The predicted octanol–water partition coefficient (Wildman–Crippen LogP) is -2.04. The molecule has 1 aliphatic rings. The van der Waals surface area contributed by atoms with Crippen molar-refractivity contribution < 1.29 is 23.6 Å². The van der Waals surface area contributed by atoms with Crippen LogP contribution >= 0.6 is 0 Å². The molecule has 6 heavy (non-hydrogen) atoms. The minimum atomic E-state index is 0. The molecule has 1 fully saturated rings. The average molecular weight is 78.0 g/mol. The summed E-state index contributed by atoms with van der Waals surface area (Å²) in [4.78, 5) is 0. The molecule has 30 valence electrons. The van der Waals surface area contributed by atoms with Crippen LogP contribution in [-0.2, 0) is 4.74 Å². The molecular formula is C4H7LiO. The Morgan fingerprint density at radius 2 is 1.83 bits per heavy atom. The quantitative estimate of drug-likeness (QED) is 0.185. The van der Waals surface area contributed by atoms with Gasteiger partial charge in [0, 0.05) is 0 Å². The molecule has 0 aromatic rings. The number of epoxide rings is 1. The van der Waals surface area contributed by atoms with Gasteiger partial charge in [-0.1, -0.05) is 13.0 Å². The molecular weight excluding hydrogens is 71.0 g/mol. The minimum Gasteiger partial charge on any atom is -0.567 e. The average Bonchev–Trinajstić information content (AvgIpc) is 1.79. The van der Waals surface area contributed by atoms with Crippen molar-refractivity contribution in [2.75, 3.05) is 0 Å². The maximum absolute atomic E-state index is 4.83. The monoisotopic (exact) mass is 78.1 g/mol. The zero-order chi connectivity index (χ0) is 3.86. The third kappa shape index (κ3) is 1.34. The summed E-state index contributed by atoms with van der Waals surface area (Å²) in [6.07, 6.45) is 1.64. The fourth-order valence-electron chi connectivity index (χ4n) is 0.245. The van der Waals surface area contributed by atoms with Crippen LogP contribution in [0.4, 0.5) is 0 Å². The van der Waals surface area contributed by atoms with Gasteiger partial charge >= 0.3 is 18.9 Å². The number of ether oxygens (including phenoxy) is 1. The molecule has 0 radical (unpaired) electrons. The predicted molar refractivity (Wildman–Crippen MR) is 19.5 cm³/mol. The molecule has 0 spiro atoms. The van der Waals surface area contributed by atoms with Gasteiger partial charge in [0.05, 0.1) is 0 Å². The van der Waals surface area contributed by atoms with E-state index in [1.54, 1.807) is 0 Å². The minimum absolute atomic E-state index is 0. The van der Waals surface area contributed by atoms with E-state index < -0.39 is 0 Å². The third-order valence-corrected chi connectivity index (χ3v) is 0.878. The Balaban J connectivity index is 0.000000250. The summed E-state index contributed by atoms with van der Waals surface area (Å²) in [6, 6.07) is 0. The second kappa shape index (κ2) is 2.02. The number of hydrogen-bond acceptors (Lipinski definition) is 1. The second-order valence-corrected chi connectivity index (χ2v) is 1.37. The Bertz CT molecular complexity index is 40.8. The standard InChI is InChI=1S/C4H7O.Li/c1-3-4(2)5-3;/h3H,1-2H3;/q-1;+1/t3-;/m0./s1. The van der Waals surface area contributed by atoms with Crippen LogP contribution in [0.5, 0.6) is 0 Å². The summed E-state index contributed by atoms with van der Waals surface area (Å²) in [5.74, 6) is 0. The van der Waals surface area contributed by atoms with Crippen molar-refractivity contribution in [3.63, 3.8) is 0 Å². The van der Waals surface area contributed by atoms with Gasteiger partial charge in [-0.05, 0) is 0 Å². The van der Waals surface area contributed by atoms with E-state index in [0.717, 1.165) is 0 Å². The Morgan fingerprint density at radius 3 is 1.83 bits per heavy atom. The fourth-order valence-corrected chi connectivity index (χ4v) is 0.245. The third-order valence-electron chi connectivity index (χ3n) is 0.878. The van der Waals surface area contributed by atoms with Crippen LogP contribution in [0.1, 0.15) is 13.8 Å². The van der Waals surface area contributed by atoms with E-state index >= 15 is 0 Å². The zero-order valence-corrected chi connectivity index (χ0v) is 4.49. The molecule has 0 amide bonds. The molecule has 1 rings (SSSR count). The Morgan fingerprint density at radius 1 is 1.67 bits per heavy atom. The maximum Gasteiger partial charge on any atom is 1.00 e. The summed E-state index contributed by atoms with van der Waals surface area (Å²) in [5.41, 5.74) is 0. The van der Waals surface area contributed by atoms with Crippen molar-refractivity contribution in [3.8, 4) is 0 Å².